The summed E-state index contributed by atoms with van der Waals surface area (Å²) in [6, 6.07) is 11.3. The van der Waals surface area contributed by atoms with E-state index in [0.29, 0.717) is 48.9 Å². The van der Waals surface area contributed by atoms with E-state index in [-0.39, 0.29) is 11.8 Å². The number of ether oxygens (including phenoxy) is 1. The van der Waals surface area contributed by atoms with Crippen LogP contribution in [0.5, 0.6) is 5.75 Å². The number of carbonyl (C=O) groups is 2. The minimum Gasteiger partial charge on any atom is -0.494 e. The molecule has 2 aliphatic rings. The van der Waals surface area contributed by atoms with Crippen LogP contribution in [0.3, 0.4) is 0 Å². The summed E-state index contributed by atoms with van der Waals surface area (Å²) in [5, 5.41) is 0.525. The molecule has 4 rings (SSSR count). The first kappa shape index (κ1) is 18.8. The van der Waals surface area contributed by atoms with Crippen molar-refractivity contribution in [3.05, 3.63) is 58.1 Å². The smallest absolute Gasteiger partial charge is 0.256 e. The van der Waals surface area contributed by atoms with Gasteiger partial charge in [-0.3, -0.25) is 9.59 Å². The average Bonchev–Trinajstić information content (AvgIpc) is 3.13. The number of benzene rings is 2. The van der Waals surface area contributed by atoms with Gasteiger partial charge in [-0.15, -0.1) is 0 Å². The van der Waals surface area contributed by atoms with E-state index in [0.717, 1.165) is 24.2 Å². The zero-order chi connectivity index (χ0) is 19.7. The summed E-state index contributed by atoms with van der Waals surface area (Å²) in [6.45, 7) is 4.37. The van der Waals surface area contributed by atoms with E-state index in [2.05, 4.69) is 6.07 Å². The van der Waals surface area contributed by atoms with Crippen LogP contribution >= 0.6 is 11.6 Å². The van der Waals surface area contributed by atoms with Gasteiger partial charge in [-0.05, 0) is 61.2 Å². The van der Waals surface area contributed by atoms with Crippen molar-refractivity contribution in [3.8, 4) is 5.75 Å². The van der Waals surface area contributed by atoms with E-state index in [1.54, 1.807) is 23.1 Å². The van der Waals surface area contributed by atoms with Gasteiger partial charge in [-0.2, -0.15) is 0 Å². The van der Waals surface area contributed by atoms with Crippen molar-refractivity contribution in [3.63, 3.8) is 0 Å². The van der Waals surface area contributed by atoms with Crippen LogP contribution in [0.25, 0.3) is 0 Å². The van der Waals surface area contributed by atoms with Crippen LogP contribution in [-0.2, 0) is 17.8 Å². The van der Waals surface area contributed by atoms with Crippen LogP contribution in [0.2, 0.25) is 5.02 Å². The normalized spacial score (nSPS) is 16.3. The number of halogens is 1. The fraction of sp³-hybridized carbons (Fsp3) is 0.364. The highest BCUT2D eigenvalue weighted by atomic mass is 35.5. The van der Waals surface area contributed by atoms with Gasteiger partial charge in [-0.25, -0.2) is 0 Å². The lowest BCUT2D eigenvalue weighted by atomic mass is 9.98. The van der Waals surface area contributed by atoms with Gasteiger partial charge in [0, 0.05) is 31.1 Å². The molecular formula is C22H23ClN2O3. The molecule has 0 saturated carbocycles. The molecule has 2 aromatic carbocycles. The Hall–Kier alpha value is -2.53. The lowest BCUT2D eigenvalue weighted by Crippen LogP contribution is -2.37. The molecule has 0 spiro atoms. The lowest BCUT2D eigenvalue weighted by Gasteiger charge is -2.30. The number of nitrogens with zero attached hydrogens (tertiary/aromatic N) is 2. The monoisotopic (exact) mass is 398 g/mol. The third-order valence-corrected chi connectivity index (χ3v) is 5.58. The molecule has 0 aliphatic carbocycles. The lowest BCUT2D eigenvalue weighted by molar-refractivity contribution is -0.117. The molecule has 2 aromatic rings. The molecular weight excluding hydrogens is 376 g/mol. The second-order valence-electron chi connectivity index (χ2n) is 7.15. The van der Waals surface area contributed by atoms with Gasteiger partial charge in [0.2, 0.25) is 5.91 Å². The van der Waals surface area contributed by atoms with E-state index in [9.17, 15) is 9.59 Å². The van der Waals surface area contributed by atoms with E-state index in [1.807, 2.05) is 24.0 Å². The first-order valence-corrected chi connectivity index (χ1v) is 10.1. The highest BCUT2D eigenvalue weighted by molar-refractivity contribution is 6.31. The summed E-state index contributed by atoms with van der Waals surface area (Å²) in [5.41, 5.74) is 3.51. The zero-order valence-electron chi connectivity index (χ0n) is 15.9. The molecule has 0 unspecified atom stereocenters. The van der Waals surface area contributed by atoms with Crippen LogP contribution in [0.1, 0.15) is 41.3 Å². The topological polar surface area (TPSA) is 49.9 Å². The van der Waals surface area contributed by atoms with Gasteiger partial charge in [0.15, 0.2) is 0 Å². The summed E-state index contributed by atoms with van der Waals surface area (Å²) >= 11 is 6.17. The number of hydrogen-bond acceptors (Lipinski definition) is 3. The molecule has 0 N–H and O–H groups in total. The molecule has 28 heavy (non-hydrogen) atoms. The number of anilines is 1. The Balaban J connectivity index is 1.62. The molecule has 1 saturated heterocycles. The number of hydrogen-bond donors (Lipinski definition) is 0. The molecule has 0 atom stereocenters. The van der Waals surface area contributed by atoms with Gasteiger partial charge in [0.1, 0.15) is 5.75 Å². The van der Waals surface area contributed by atoms with Crippen LogP contribution in [0, 0.1) is 0 Å². The maximum Gasteiger partial charge on any atom is 0.256 e. The Labute approximate surface area is 169 Å². The van der Waals surface area contributed by atoms with Crippen molar-refractivity contribution in [1.29, 1.82) is 0 Å². The molecule has 6 heteroatoms. The summed E-state index contributed by atoms with van der Waals surface area (Å²) in [4.78, 5) is 29.1. The number of carbonyl (C=O) groups excluding carboxylic acids is 2. The SMILES string of the molecule is CCOc1ccc2c(c1)CN(C(=O)c1ccc(Cl)cc1N1CCCC1=O)CC2. The van der Waals surface area contributed by atoms with Crippen LogP contribution in [-0.4, -0.2) is 36.4 Å². The van der Waals surface area contributed by atoms with E-state index in [1.165, 1.54) is 5.56 Å². The molecule has 0 aromatic heterocycles. The Morgan fingerprint density at radius 1 is 1.11 bits per heavy atom. The third kappa shape index (κ3) is 3.59. The Morgan fingerprint density at radius 2 is 1.96 bits per heavy atom. The predicted octanol–water partition coefficient (Wildman–Crippen LogP) is 4.06. The summed E-state index contributed by atoms with van der Waals surface area (Å²) in [6.07, 6.45) is 2.12. The highest BCUT2D eigenvalue weighted by Gasteiger charge is 2.29. The first-order chi connectivity index (χ1) is 13.6. The minimum atomic E-state index is -0.0705. The van der Waals surface area contributed by atoms with Crippen LogP contribution in [0.4, 0.5) is 5.69 Å². The van der Waals surface area contributed by atoms with Gasteiger partial charge in [-0.1, -0.05) is 17.7 Å². The second-order valence-corrected chi connectivity index (χ2v) is 7.59. The Bertz CT molecular complexity index is 928. The van der Waals surface area contributed by atoms with Crippen LogP contribution < -0.4 is 9.64 Å². The summed E-state index contributed by atoms with van der Waals surface area (Å²) < 4.78 is 5.60. The fourth-order valence-corrected chi connectivity index (χ4v) is 4.11. The van der Waals surface area contributed by atoms with Gasteiger partial charge in [0.05, 0.1) is 17.9 Å². The maximum atomic E-state index is 13.3. The molecule has 5 nitrogen and oxygen atoms in total. The Kier molecular flexibility index (Phi) is 5.27. The summed E-state index contributed by atoms with van der Waals surface area (Å²) in [5.74, 6) is 0.797. The van der Waals surface area contributed by atoms with E-state index < -0.39 is 0 Å². The quantitative estimate of drug-likeness (QED) is 0.780. The third-order valence-electron chi connectivity index (χ3n) is 5.34. The van der Waals surface area contributed by atoms with E-state index in [4.69, 9.17) is 16.3 Å². The van der Waals surface area contributed by atoms with Crippen molar-refractivity contribution in [2.75, 3.05) is 24.6 Å². The highest BCUT2D eigenvalue weighted by Crippen LogP contribution is 2.31. The average molecular weight is 399 g/mol. The predicted molar refractivity (Wildman–Crippen MR) is 109 cm³/mol. The van der Waals surface area contributed by atoms with Crippen molar-refractivity contribution >= 4 is 29.1 Å². The molecule has 146 valence electrons. The first-order valence-electron chi connectivity index (χ1n) is 9.70. The number of rotatable bonds is 4. The van der Waals surface area contributed by atoms with Gasteiger partial charge < -0.3 is 14.5 Å². The molecule has 0 radical (unpaired) electrons. The minimum absolute atomic E-state index is 0.0432. The van der Waals surface area contributed by atoms with E-state index >= 15 is 0 Å². The Morgan fingerprint density at radius 3 is 2.71 bits per heavy atom. The maximum absolute atomic E-state index is 13.3. The molecule has 1 fully saturated rings. The van der Waals surface area contributed by atoms with Crippen molar-refractivity contribution in [1.82, 2.24) is 4.90 Å². The largest absolute Gasteiger partial charge is 0.494 e. The van der Waals surface area contributed by atoms with Crippen molar-refractivity contribution < 1.29 is 14.3 Å². The molecule has 2 heterocycles. The standard InChI is InChI=1S/C22H23ClN2O3/c1-2-28-18-7-5-15-9-11-24(14-16(15)12-18)22(27)19-8-6-17(23)13-20(19)25-10-3-4-21(25)26/h5-8,12-13H,2-4,9-11,14H2,1H3. The fourth-order valence-electron chi connectivity index (χ4n) is 3.95. The van der Waals surface area contributed by atoms with Gasteiger partial charge in [0.25, 0.3) is 5.91 Å². The molecule has 2 amide bonds. The van der Waals surface area contributed by atoms with Gasteiger partial charge >= 0.3 is 0 Å². The molecule has 0 bridgehead atoms. The summed E-state index contributed by atoms with van der Waals surface area (Å²) in [7, 11) is 0. The number of amides is 2. The van der Waals surface area contributed by atoms with Crippen molar-refractivity contribution in [2.24, 2.45) is 0 Å². The van der Waals surface area contributed by atoms with Crippen LogP contribution in [0.15, 0.2) is 36.4 Å². The molecule has 2 aliphatic heterocycles. The van der Waals surface area contributed by atoms with Crippen molar-refractivity contribution in [2.45, 2.75) is 32.7 Å². The zero-order valence-corrected chi connectivity index (χ0v) is 16.7. The number of fused-ring (bicyclic) bond motifs is 1. The second kappa shape index (κ2) is 7.84.